The molecule has 3 aliphatic rings. The molecule has 0 aliphatic carbocycles. The minimum absolute atomic E-state index is 0.661. The number of thioether (sulfide) groups is 1. The molecular weight excluding hydrogens is 266 g/mol. The van der Waals surface area contributed by atoms with Gasteiger partial charge in [-0.25, -0.2) is 0 Å². The topological polar surface area (TPSA) is 18.5 Å². The first-order chi connectivity index (χ1) is 9.92. The quantitative estimate of drug-likeness (QED) is 0.895. The van der Waals surface area contributed by atoms with E-state index in [0.717, 1.165) is 6.04 Å². The van der Waals surface area contributed by atoms with Crippen molar-refractivity contribution >= 4 is 11.8 Å². The monoisotopic (exact) mass is 289 g/mol. The zero-order chi connectivity index (χ0) is 13.4. The van der Waals surface area contributed by atoms with Crippen molar-refractivity contribution in [1.29, 1.82) is 0 Å². The van der Waals surface area contributed by atoms with E-state index in [9.17, 15) is 0 Å². The van der Waals surface area contributed by atoms with Crippen molar-refractivity contribution in [3.05, 3.63) is 29.8 Å². The molecule has 108 valence electrons. The second-order valence-corrected chi connectivity index (χ2v) is 7.21. The Hall–Kier alpha value is -0.550. The van der Waals surface area contributed by atoms with Crippen LogP contribution in [0.3, 0.4) is 0 Å². The molecule has 1 N–H and O–H groups in total. The lowest BCUT2D eigenvalue weighted by atomic mass is 10.0. The van der Waals surface area contributed by atoms with Gasteiger partial charge < -0.3 is 5.32 Å². The van der Waals surface area contributed by atoms with E-state index in [4.69, 9.17) is 0 Å². The van der Waals surface area contributed by atoms with Crippen LogP contribution in [0.1, 0.15) is 18.0 Å². The summed E-state index contributed by atoms with van der Waals surface area (Å²) in [4.78, 5) is 6.91. The zero-order valence-electron chi connectivity index (χ0n) is 11.9. The van der Waals surface area contributed by atoms with Gasteiger partial charge in [0.05, 0.1) is 0 Å². The smallest absolute Gasteiger partial charge is 0.0368 e. The molecule has 0 radical (unpaired) electrons. The van der Waals surface area contributed by atoms with Gasteiger partial charge in [-0.3, -0.25) is 9.80 Å². The van der Waals surface area contributed by atoms with Gasteiger partial charge in [-0.15, -0.1) is 11.8 Å². The van der Waals surface area contributed by atoms with Gasteiger partial charge in [0.25, 0.3) is 0 Å². The van der Waals surface area contributed by atoms with Crippen molar-refractivity contribution in [2.45, 2.75) is 23.4 Å². The number of piperazine rings is 1. The van der Waals surface area contributed by atoms with Crippen LogP contribution in [0, 0.1) is 0 Å². The standard InChI is InChI=1S/C16H23N3S/c1-2-4-16-14(3-1)15(5-10-20-16)19-8-6-18(7-9-19)13-11-17-12-13/h1-4,13,15,17H,5-12H2. The predicted octanol–water partition coefficient (Wildman–Crippen LogP) is 1.81. The van der Waals surface area contributed by atoms with E-state index >= 15 is 0 Å². The van der Waals surface area contributed by atoms with Gasteiger partial charge in [-0.05, 0) is 23.8 Å². The van der Waals surface area contributed by atoms with Crippen molar-refractivity contribution in [3.8, 4) is 0 Å². The molecule has 1 aromatic rings. The zero-order valence-corrected chi connectivity index (χ0v) is 12.7. The lowest BCUT2D eigenvalue weighted by Crippen LogP contribution is -2.61. The fraction of sp³-hybridized carbons (Fsp3) is 0.625. The molecule has 0 saturated carbocycles. The highest BCUT2D eigenvalue weighted by Crippen LogP contribution is 2.39. The average molecular weight is 289 g/mol. The highest BCUT2D eigenvalue weighted by molar-refractivity contribution is 7.99. The van der Waals surface area contributed by atoms with E-state index < -0.39 is 0 Å². The number of rotatable bonds is 2. The van der Waals surface area contributed by atoms with Crippen LogP contribution < -0.4 is 5.32 Å². The first kappa shape index (κ1) is 13.1. The molecule has 1 unspecified atom stereocenters. The third-order valence-corrected chi connectivity index (χ3v) is 6.12. The van der Waals surface area contributed by atoms with Crippen LogP contribution in [0.25, 0.3) is 0 Å². The van der Waals surface area contributed by atoms with Gasteiger partial charge >= 0.3 is 0 Å². The Labute approximate surface area is 125 Å². The number of hydrogen-bond donors (Lipinski definition) is 1. The minimum atomic E-state index is 0.661. The molecular formula is C16H23N3S. The summed E-state index contributed by atoms with van der Waals surface area (Å²) in [5.41, 5.74) is 1.57. The molecule has 4 heteroatoms. The molecule has 0 spiro atoms. The predicted molar refractivity (Wildman–Crippen MR) is 84.3 cm³/mol. The molecule has 20 heavy (non-hydrogen) atoms. The third-order valence-electron chi connectivity index (χ3n) is 4.99. The van der Waals surface area contributed by atoms with Crippen LogP contribution in [0.2, 0.25) is 0 Å². The number of nitrogens with zero attached hydrogens (tertiary/aromatic N) is 2. The normalized spacial score (nSPS) is 28.9. The van der Waals surface area contributed by atoms with Gasteiger partial charge in [-0.1, -0.05) is 18.2 Å². The summed E-state index contributed by atoms with van der Waals surface area (Å²) in [5.74, 6) is 1.27. The van der Waals surface area contributed by atoms with Crippen LogP contribution in [0.15, 0.2) is 29.2 Å². The van der Waals surface area contributed by atoms with Crippen LogP contribution in [0.5, 0.6) is 0 Å². The Kier molecular flexibility index (Phi) is 3.73. The maximum Gasteiger partial charge on any atom is 0.0368 e. The Balaban J connectivity index is 1.44. The van der Waals surface area contributed by atoms with Crippen molar-refractivity contribution < 1.29 is 0 Å². The van der Waals surface area contributed by atoms with Gasteiger partial charge in [0, 0.05) is 56.2 Å². The molecule has 4 rings (SSSR count). The van der Waals surface area contributed by atoms with Gasteiger partial charge in [0.1, 0.15) is 0 Å². The lowest BCUT2D eigenvalue weighted by molar-refractivity contribution is 0.0495. The third kappa shape index (κ3) is 2.39. The Bertz CT molecular complexity index is 467. The molecule has 3 heterocycles. The Morgan fingerprint density at radius 3 is 2.50 bits per heavy atom. The lowest BCUT2D eigenvalue weighted by Gasteiger charge is -2.46. The SMILES string of the molecule is c1ccc2c(c1)SCCC2N1CCN(C2CNC2)CC1. The first-order valence-corrected chi connectivity index (χ1v) is 8.81. The number of hydrogen-bond acceptors (Lipinski definition) is 4. The summed E-state index contributed by atoms with van der Waals surface area (Å²) in [6, 6.07) is 10.5. The van der Waals surface area contributed by atoms with Gasteiger partial charge in [-0.2, -0.15) is 0 Å². The van der Waals surface area contributed by atoms with Crippen molar-refractivity contribution in [2.24, 2.45) is 0 Å². The summed E-state index contributed by atoms with van der Waals surface area (Å²) in [6.45, 7) is 7.36. The number of fused-ring (bicyclic) bond motifs is 1. The van der Waals surface area contributed by atoms with E-state index in [1.165, 1.54) is 56.3 Å². The summed E-state index contributed by atoms with van der Waals surface area (Å²) < 4.78 is 0. The largest absolute Gasteiger partial charge is 0.314 e. The van der Waals surface area contributed by atoms with Crippen LogP contribution in [-0.2, 0) is 0 Å². The summed E-state index contributed by atoms with van der Waals surface area (Å²) >= 11 is 2.03. The average Bonchev–Trinajstić information content (AvgIpc) is 2.46. The van der Waals surface area contributed by atoms with E-state index in [2.05, 4.69) is 39.4 Å². The Morgan fingerprint density at radius 2 is 1.75 bits per heavy atom. The molecule has 0 aromatic heterocycles. The van der Waals surface area contributed by atoms with Gasteiger partial charge in [0.2, 0.25) is 0 Å². The van der Waals surface area contributed by atoms with Crippen LogP contribution >= 0.6 is 11.8 Å². The number of nitrogens with one attached hydrogen (secondary N) is 1. The maximum absolute atomic E-state index is 3.39. The maximum atomic E-state index is 3.39. The van der Waals surface area contributed by atoms with E-state index in [0.29, 0.717) is 6.04 Å². The first-order valence-electron chi connectivity index (χ1n) is 7.82. The highest BCUT2D eigenvalue weighted by Gasteiger charge is 2.32. The minimum Gasteiger partial charge on any atom is -0.314 e. The fourth-order valence-electron chi connectivity index (χ4n) is 3.65. The molecule has 1 atom stereocenters. The summed E-state index contributed by atoms with van der Waals surface area (Å²) in [7, 11) is 0. The molecule has 2 fully saturated rings. The fourth-order valence-corrected chi connectivity index (χ4v) is 4.75. The van der Waals surface area contributed by atoms with E-state index in [1.807, 2.05) is 11.8 Å². The summed E-state index contributed by atoms with van der Waals surface area (Å²) in [6.07, 6.45) is 1.31. The molecule has 3 nitrogen and oxygen atoms in total. The molecule has 1 aromatic carbocycles. The van der Waals surface area contributed by atoms with Crippen molar-refractivity contribution in [2.75, 3.05) is 45.0 Å². The second kappa shape index (κ2) is 5.68. The molecule has 0 amide bonds. The molecule has 2 saturated heterocycles. The van der Waals surface area contributed by atoms with E-state index in [-0.39, 0.29) is 0 Å². The highest BCUT2D eigenvalue weighted by atomic mass is 32.2. The van der Waals surface area contributed by atoms with Gasteiger partial charge in [0.15, 0.2) is 0 Å². The number of benzene rings is 1. The van der Waals surface area contributed by atoms with Crippen molar-refractivity contribution in [3.63, 3.8) is 0 Å². The molecule has 3 aliphatic heterocycles. The van der Waals surface area contributed by atoms with Crippen LogP contribution in [0.4, 0.5) is 0 Å². The Morgan fingerprint density at radius 1 is 1.00 bits per heavy atom. The van der Waals surface area contributed by atoms with E-state index in [1.54, 1.807) is 5.56 Å². The van der Waals surface area contributed by atoms with Crippen molar-refractivity contribution in [1.82, 2.24) is 15.1 Å². The molecule has 0 bridgehead atoms. The van der Waals surface area contributed by atoms with Crippen LogP contribution in [-0.4, -0.2) is 60.9 Å². The summed E-state index contributed by atoms with van der Waals surface area (Å²) in [5, 5.41) is 3.39. The second-order valence-electron chi connectivity index (χ2n) is 6.07.